The highest BCUT2D eigenvalue weighted by molar-refractivity contribution is 6.24. The molecule has 2 heterocycles. The maximum Gasteiger partial charge on any atom is 0.255 e. The maximum absolute atomic E-state index is 14.0. The Balaban J connectivity index is 1.46. The zero-order valence-corrected chi connectivity index (χ0v) is 24.2. The van der Waals surface area contributed by atoms with Crippen LogP contribution in [0.15, 0.2) is 47.5 Å². The van der Waals surface area contributed by atoms with Crippen LogP contribution in [-0.4, -0.2) is 91.5 Å². The summed E-state index contributed by atoms with van der Waals surface area (Å²) in [5.74, 6) is -6.69. The monoisotopic (exact) mass is 588 g/mol. The number of phenolic OH excluding ortho intramolecular Hbond substituents is 1. The standard InChI is InChI=1S/C32H36N4O7/c1-35(2)26-21-12-17-11-20-19(18-10-16(13-34-14-18)15-36-8-4-3-5-9-36)6-7-22(37)24(20)27(38)23(17)29(40)32(21,43)30(41)25(28(26)39)31(33)42/h6-7,10,13-14,17,21,26,37-38,41,43H,3-5,8-9,11-12,15H2,1-2H3,(H2,33,42)/t17-,21-,26-,32-/m0/s1. The topological polar surface area (TPSA) is 178 Å². The van der Waals surface area contributed by atoms with Crippen LogP contribution < -0.4 is 5.73 Å². The largest absolute Gasteiger partial charge is 0.508 e. The van der Waals surface area contributed by atoms with E-state index >= 15 is 0 Å². The number of Topliss-reactive ketones (excluding diaryl/α,β-unsaturated/α-hetero) is 2. The molecule has 1 aliphatic heterocycles. The number of primary amides is 1. The summed E-state index contributed by atoms with van der Waals surface area (Å²) >= 11 is 0. The summed E-state index contributed by atoms with van der Waals surface area (Å²) < 4.78 is 0. The number of hydrogen-bond donors (Lipinski definition) is 5. The van der Waals surface area contributed by atoms with Gasteiger partial charge in [-0.2, -0.15) is 0 Å². The van der Waals surface area contributed by atoms with Crippen molar-refractivity contribution in [3.05, 3.63) is 64.2 Å². The van der Waals surface area contributed by atoms with E-state index in [1.807, 2.05) is 12.3 Å². The smallest absolute Gasteiger partial charge is 0.255 e. The Bertz CT molecular complexity index is 1610. The van der Waals surface area contributed by atoms with Gasteiger partial charge in [0, 0.05) is 36.0 Å². The molecule has 11 heteroatoms. The summed E-state index contributed by atoms with van der Waals surface area (Å²) in [5, 5.41) is 45.2. The van der Waals surface area contributed by atoms with Gasteiger partial charge in [-0.05, 0) is 87.6 Å². The van der Waals surface area contributed by atoms with Crippen molar-refractivity contribution in [2.75, 3.05) is 27.2 Å². The third-order valence-corrected chi connectivity index (χ3v) is 9.56. The Morgan fingerprint density at radius 1 is 1.12 bits per heavy atom. The first-order valence-corrected chi connectivity index (χ1v) is 14.6. The number of benzene rings is 1. The number of nitrogens with two attached hydrogens (primary N) is 1. The van der Waals surface area contributed by atoms with Crippen LogP contribution in [0.2, 0.25) is 0 Å². The SMILES string of the molecule is CN(C)[C@@H]1C(=O)C(C(N)=O)=C(O)[C@@]2(O)C(=O)C3=C(O)c4c(O)ccc(-c5cncc(CN6CCCCC6)c5)c4C[C@H]3C[C@@H]12. The molecular formula is C32H36N4O7. The number of piperidine rings is 1. The van der Waals surface area contributed by atoms with Crippen molar-refractivity contribution < 1.29 is 34.8 Å². The van der Waals surface area contributed by atoms with E-state index in [-0.39, 0.29) is 29.7 Å². The lowest BCUT2D eigenvalue weighted by Gasteiger charge is -2.50. The van der Waals surface area contributed by atoms with Crippen molar-refractivity contribution in [1.82, 2.24) is 14.8 Å². The second-order valence-corrected chi connectivity index (χ2v) is 12.4. The van der Waals surface area contributed by atoms with Gasteiger partial charge in [-0.15, -0.1) is 0 Å². The Labute approximate surface area is 248 Å². The second-order valence-electron chi connectivity index (χ2n) is 12.4. The van der Waals surface area contributed by atoms with Crippen LogP contribution in [0.25, 0.3) is 16.9 Å². The van der Waals surface area contributed by atoms with Crippen LogP contribution in [0.3, 0.4) is 0 Å². The molecule has 6 rings (SSSR count). The zero-order valence-electron chi connectivity index (χ0n) is 24.2. The van der Waals surface area contributed by atoms with E-state index in [1.54, 1.807) is 26.4 Å². The number of likely N-dealkylation sites (tertiary alicyclic amines) is 1. The van der Waals surface area contributed by atoms with Gasteiger partial charge in [0.25, 0.3) is 5.91 Å². The van der Waals surface area contributed by atoms with Crippen molar-refractivity contribution in [2.24, 2.45) is 17.6 Å². The normalized spacial score (nSPS) is 27.7. The van der Waals surface area contributed by atoms with Gasteiger partial charge in [0.05, 0.1) is 11.6 Å². The second kappa shape index (κ2) is 10.6. The number of phenols is 1. The molecule has 4 atom stereocenters. The summed E-state index contributed by atoms with van der Waals surface area (Å²) in [6, 6.07) is 4.12. The molecule has 226 valence electrons. The molecule has 43 heavy (non-hydrogen) atoms. The third-order valence-electron chi connectivity index (χ3n) is 9.56. The molecule has 11 nitrogen and oxygen atoms in total. The van der Waals surface area contributed by atoms with Crippen LogP contribution >= 0.6 is 0 Å². The van der Waals surface area contributed by atoms with E-state index < -0.39 is 58.0 Å². The van der Waals surface area contributed by atoms with E-state index in [0.29, 0.717) is 5.56 Å². The Morgan fingerprint density at radius 3 is 2.51 bits per heavy atom. The number of likely N-dealkylation sites (N-methyl/N-ethyl adjacent to an activating group) is 1. The molecule has 0 radical (unpaired) electrons. The first-order chi connectivity index (χ1) is 20.4. The number of carbonyl (C=O) groups excluding carboxylic acids is 3. The average Bonchev–Trinajstić information content (AvgIpc) is 2.95. The summed E-state index contributed by atoms with van der Waals surface area (Å²) in [6.45, 7) is 2.83. The summed E-state index contributed by atoms with van der Waals surface area (Å²) in [4.78, 5) is 47.9. The van der Waals surface area contributed by atoms with Crippen LogP contribution in [0.5, 0.6) is 5.75 Å². The van der Waals surface area contributed by atoms with Gasteiger partial charge in [0.1, 0.15) is 22.8 Å². The number of fused-ring (bicyclic) bond motifs is 3. The number of amides is 1. The van der Waals surface area contributed by atoms with Crippen molar-refractivity contribution in [3.8, 4) is 16.9 Å². The Kier molecular flexibility index (Phi) is 7.15. The zero-order chi connectivity index (χ0) is 30.8. The number of aromatic hydroxyl groups is 1. The summed E-state index contributed by atoms with van der Waals surface area (Å²) in [6.07, 6.45) is 7.39. The maximum atomic E-state index is 14.0. The quantitative estimate of drug-likeness (QED) is 0.325. The fourth-order valence-electron chi connectivity index (χ4n) is 7.61. The minimum atomic E-state index is -2.66. The first kappa shape index (κ1) is 29.0. The lowest BCUT2D eigenvalue weighted by Crippen LogP contribution is -2.65. The molecule has 0 spiro atoms. The van der Waals surface area contributed by atoms with Gasteiger partial charge in [-0.1, -0.05) is 12.5 Å². The molecule has 2 aromatic rings. The van der Waals surface area contributed by atoms with Crippen LogP contribution in [0, 0.1) is 11.8 Å². The highest BCUT2D eigenvalue weighted by Gasteiger charge is 2.64. The predicted octanol–water partition coefficient (Wildman–Crippen LogP) is 2.01. The molecule has 6 N–H and O–H groups in total. The third kappa shape index (κ3) is 4.45. The fraction of sp³-hybridized carbons (Fsp3) is 0.438. The van der Waals surface area contributed by atoms with Crippen molar-refractivity contribution in [1.29, 1.82) is 0 Å². The van der Waals surface area contributed by atoms with Gasteiger partial charge in [0.2, 0.25) is 5.78 Å². The molecule has 1 saturated carbocycles. The first-order valence-electron chi connectivity index (χ1n) is 14.6. The van der Waals surface area contributed by atoms with Crippen LogP contribution in [0.1, 0.15) is 42.4 Å². The molecule has 0 unspecified atom stereocenters. The molecule has 4 aliphatic rings. The Hall–Kier alpha value is -4.06. The number of aliphatic hydroxyl groups is 3. The molecule has 1 aromatic carbocycles. The molecule has 2 fully saturated rings. The average molecular weight is 589 g/mol. The van der Waals surface area contributed by atoms with E-state index in [0.717, 1.165) is 36.3 Å². The summed E-state index contributed by atoms with van der Waals surface area (Å²) in [7, 11) is 3.15. The van der Waals surface area contributed by atoms with Gasteiger partial charge >= 0.3 is 0 Å². The van der Waals surface area contributed by atoms with Crippen LogP contribution in [-0.2, 0) is 27.3 Å². The van der Waals surface area contributed by atoms with Crippen molar-refractivity contribution in [3.63, 3.8) is 0 Å². The van der Waals surface area contributed by atoms with Gasteiger partial charge in [-0.25, -0.2) is 0 Å². The lowest BCUT2D eigenvalue weighted by molar-refractivity contribution is -0.153. The summed E-state index contributed by atoms with van der Waals surface area (Å²) in [5.41, 5.74) is 4.98. The van der Waals surface area contributed by atoms with Crippen molar-refractivity contribution in [2.45, 2.75) is 50.3 Å². The number of hydrogen-bond acceptors (Lipinski definition) is 10. The number of nitrogens with zero attached hydrogens (tertiary/aromatic N) is 3. The lowest BCUT2D eigenvalue weighted by atomic mass is 9.57. The van der Waals surface area contributed by atoms with E-state index in [1.165, 1.54) is 30.2 Å². The fourth-order valence-corrected chi connectivity index (χ4v) is 7.61. The number of pyridine rings is 1. The minimum absolute atomic E-state index is 0.0358. The Morgan fingerprint density at radius 2 is 1.84 bits per heavy atom. The van der Waals surface area contributed by atoms with E-state index in [2.05, 4.69) is 9.88 Å². The number of aliphatic hydroxyl groups excluding tert-OH is 2. The van der Waals surface area contributed by atoms with Gasteiger partial charge in [0.15, 0.2) is 11.4 Å². The minimum Gasteiger partial charge on any atom is -0.508 e. The molecule has 0 bridgehead atoms. The van der Waals surface area contributed by atoms with Gasteiger partial charge < -0.3 is 26.2 Å². The van der Waals surface area contributed by atoms with Crippen molar-refractivity contribution >= 4 is 23.2 Å². The highest BCUT2D eigenvalue weighted by atomic mass is 16.3. The molecular weight excluding hydrogens is 552 g/mol. The van der Waals surface area contributed by atoms with E-state index in [4.69, 9.17) is 5.73 Å². The number of carbonyl (C=O) groups is 3. The van der Waals surface area contributed by atoms with Crippen LogP contribution in [0.4, 0.5) is 0 Å². The molecule has 1 saturated heterocycles. The number of aromatic nitrogens is 1. The number of ketones is 2. The van der Waals surface area contributed by atoms with E-state index in [9.17, 15) is 34.8 Å². The number of rotatable bonds is 5. The van der Waals surface area contributed by atoms with Gasteiger partial charge in [-0.3, -0.25) is 29.2 Å². The molecule has 1 amide bonds. The highest BCUT2D eigenvalue weighted by Crippen LogP contribution is 2.53. The predicted molar refractivity (Wildman–Crippen MR) is 157 cm³/mol. The molecule has 3 aliphatic carbocycles. The molecule has 1 aromatic heterocycles.